The molecule has 0 saturated heterocycles. The van der Waals surface area contributed by atoms with E-state index in [1.807, 2.05) is 0 Å². The summed E-state index contributed by atoms with van der Waals surface area (Å²) in [5, 5.41) is -0.933. The molecule has 94 valence electrons. The van der Waals surface area contributed by atoms with Crippen LogP contribution in [0.25, 0.3) is 0 Å². The highest BCUT2D eigenvalue weighted by molar-refractivity contribution is 7.93. The second-order valence-corrected chi connectivity index (χ2v) is 6.08. The van der Waals surface area contributed by atoms with Gasteiger partial charge in [-0.3, -0.25) is 4.79 Å². The van der Waals surface area contributed by atoms with Gasteiger partial charge >= 0.3 is 0 Å². The van der Waals surface area contributed by atoms with Gasteiger partial charge in [0.15, 0.2) is 0 Å². The highest BCUT2D eigenvalue weighted by Gasteiger charge is 2.22. The summed E-state index contributed by atoms with van der Waals surface area (Å²) in [4.78, 5) is 12.5. The Labute approximate surface area is 101 Å². The van der Waals surface area contributed by atoms with Crippen LogP contribution in [-0.4, -0.2) is 50.1 Å². The maximum absolute atomic E-state index is 11.5. The standard InChI is InChI=1S/C8H17N3O3S2/c1-6(8(9)15)16(13,14)10-5-4-7(12)11(2)3/h6,10H,4-5H2,1-3H3,(H2,9,15). The summed E-state index contributed by atoms with van der Waals surface area (Å²) < 4.78 is 25.3. The number of rotatable bonds is 6. The Morgan fingerprint density at radius 2 is 2.00 bits per heavy atom. The molecule has 6 nitrogen and oxygen atoms in total. The van der Waals surface area contributed by atoms with Crippen molar-refractivity contribution in [2.75, 3.05) is 20.6 Å². The summed E-state index contributed by atoms with van der Waals surface area (Å²) in [5.41, 5.74) is 5.24. The van der Waals surface area contributed by atoms with E-state index in [9.17, 15) is 13.2 Å². The first-order valence-corrected chi connectivity index (χ1v) is 6.62. The SMILES string of the molecule is CC(C(N)=S)S(=O)(=O)NCCC(=O)N(C)C. The smallest absolute Gasteiger partial charge is 0.223 e. The molecule has 0 rings (SSSR count). The number of amides is 1. The van der Waals surface area contributed by atoms with E-state index in [4.69, 9.17) is 5.73 Å². The molecular weight excluding hydrogens is 250 g/mol. The Kier molecular flexibility index (Phi) is 5.84. The number of nitrogens with two attached hydrogens (primary N) is 1. The van der Waals surface area contributed by atoms with E-state index in [1.165, 1.54) is 11.8 Å². The summed E-state index contributed by atoms with van der Waals surface area (Å²) in [6.45, 7) is 1.45. The predicted octanol–water partition coefficient (Wildman–Crippen LogP) is -0.941. The lowest BCUT2D eigenvalue weighted by Gasteiger charge is -2.13. The van der Waals surface area contributed by atoms with Gasteiger partial charge < -0.3 is 10.6 Å². The number of nitrogens with one attached hydrogen (secondary N) is 1. The van der Waals surface area contributed by atoms with E-state index < -0.39 is 15.3 Å². The first-order valence-electron chi connectivity index (χ1n) is 4.66. The Hall–Kier alpha value is -0.730. The maximum Gasteiger partial charge on any atom is 0.223 e. The van der Waals surface area contributed by atoms with Gasteiger partial charge in [-0.2, -0.15) is 0 Å². The largest absolute Gasteiger partial charge is 0.392 e. The van der Waals surface area contributed by atoms with Crippen LogP contribution < -0.4 is 10.5 Å². The fraction of sp³-hybridized carbons (Fsp3) is 0.750. The van der Waals surface area contributed by atoms with Crippen LogP contribution in [-0.2, 0) is 14.8 Å². The Balaban J connectivity index is 4.22. The molecule has 0 aromatic heterocycles. The fourth-order valence-corrected chi connectivity index (χ4v) is 2.12. The van der Waals surface area contributed by atoms with Crippen molar-refractivity contribution in [1.82, 2.24) is 9.62 Å². The number of nitrogens with zero attached hydrogens (tertiary/aromatic N) is 1. The van der Waals surface area contributed by atoms with Gasteiger partial charge in [0.25, 0.3) is 0 Å². The Morgan fingerprint density at radius 1 is 1.50 bits per heavy atom. The zero-order chi connectivity index (χ0) is 12.9. The number of carbonyl (C=O) groups excluding carboxylic acids is 1. The van der Waals surface area contributed by atoms with Crippen molar-refractivity contribution in [1.29, 1.82) is 0 Å². The predicted molar refractivity (Wildman–Crippen MR) is 66.5 cm³/mol. The first-order chi connectivity index (χ1) is 7.18. The van der Waals surface area contributed by atoms with E-state index in [0.717, 1.165) is 0 Å². The van der Waals surface area contributed by atoms with Crippen LogP contribution in [0.15, 0.2) is 0 Å². The number of hydrogen-bond donors (Lipinski definition) is 2. The molecular formula is C8H17N3O3S2. The molecule has 0 spiro atoms. The monoisotopic (exact) mass is 267 g/mol. The molecule has 16 heavy (non-hydrogen) atoms. The van der Waals surface area contributed by atoms with Gasteiger partial charge in [0.1, 0.15) is 5.25 Å². The molecule has 0 aliphatic heterocycles. The van der Waals surface area contributed by atoms with E-state index >= 15 is 0 Å². The zero-order valence-corrected chi connectivity index (χ0v) is 11.2. The van der Waals surface area contributed by atoms with Gasteiger partial charge in [-0.05, 0) is 6.92 Å². The average molecular weight is 267 g/mol. The molecule has 1 amide bonds. The fourth-order valence-electron chi connectivity index (χ4n) is 0.802. The van der Waals surface area contributed by atoms with Gasteiger partial charge in [0.2, 0.25) is 15.9 Å². The minimum atomic E-state index is -3.57. The van der Waals surface area contributed by atoms with Crippen LogP contribution in [0.4, 0.5) is 0 Å². The molecule has 0 fully saturated rings. The number of hydrogen-bond acceptors (Lipinski definition) is 4. The third-order valence-corrected chi connectivity index (χ3v) is 4.30. The van der Waals surface area contributed by atoms with Crippen molar-refractivity contribution >= 4 is 33.1 Å². The topological polar surface area (TPSA) is 92.5 Å². The number of carbonyl (C=O) groups is 1. The lowest BCUT2D eigenvalue weighted by atomic mass is 10.4. The lowest BCUT2D eigenvalue weighted by molar-refractivity contribution is -0.128. The summed E-state index contributed by atoms with van der Waals surface area (Å²) >= 11 is 4.59. The van der Waals surface area contributed by atoms with Crippen molar-refractivity contribution in [3.8, 4) is 0 Å². The first kappa shape index (κ1) is 15.3. The van der Waals surface area contributed by atoms with Gasteiger partial charge in [-0.25, -0.2) is 13.1 Å². The van der Waals surface area contributed by atoms with E-state index in [-0.39, 0.29) is 23.9 Å². The summed E-state index contributed by atoms with van der Waals surface area (Å²) in [6, 6.07) is 0. The third-order valence-electron chi connectivity index (χ3n) is 2.01. The highest BCUT2D eigenvalue weighted by atomic mass is 32.2. The molecule has 0 aliphatic carbocycles. The van der Waals surface area contributed by atoms with Crippen molar-refractivity contribution in [2.45, 2.75) is 18.6 Å². The van der Waals surface area contributed by atoms with Crippen LogP contribution in [0.2, 0.25) is 0 Å². The second kappa shape index (κ2) is 6.12. The van der Waals surface area contributed by atoms with Crippen molar-refractivity contribution in [2.24, 2.45) is 5.73 Å². The molecule has 0 aliphatic rings. The quantitative estimate of drug-likeness (QED) is 0.606. The van der Waals surface area contributed by atoms with Crippen LogP contribution in [0, 0.1) is 0 Å². The van der Waals surface area contributed by atoms with E-state index in [1.54, 1.807) is 14.1 Å². The molecule has 0 heterocycles. The number of thiocarbonyl (C=S) groups is 1. The normalized spacial score (nSPS) is 13.2. The zero-order valence-electron chi connectivity index (χ0n) is 9.56. The summed E-state index contributed by atoms with van der Waals surface area (Å²) in [6.07, 6.45) is 0.107. The molecule has 1 atom stereocenters. The minimum Gasteiger partial charge on any atom is -0.392 e. The summed E-state index contributed by atoms with van der Waals surface area (Å²) in [5.74, 6) is -0.148. The highest BCUT2D eigenvalue weighted by Crippen LogP contribution is 1.98. The molecule has 3 N–H and O–H groups in total. The molecule has 0 aromatic carbocycles. The van der Waals surface area contributed by atoms with Crippen LogP contribution in [0.1, 0.15) is 13.3 Å². The molecule has 0 aromatic rings. The van der Waals surface area contributed by atoms with Crippen molar-refractivity contribution in [3.63, 3.8) is 0 Å². The third kappa shape index (κ3) is 4.86. The average Bonchev–Trinajstić information content (AvgIpc) is 2.15. The van der Waals surface area contributed by atoms with E-state index in [2.05, 4.69) is 16.9 Å². The van der Waals surface area contributed by atoms with E-state index in [0.29, 0.717) is 0 Å². The Morgan fingerprint density at radius 3 is 2.38 bits per heavy atom. The van der Waals surface area contributed by atoms with Crippen molar-refractivity contribution in [3.05, 3.63) is 0 Å². The molecule has 8 heteroatoms. The minimum absolute atomic E-state index is 0.0479. The van der Waals surface area contributed by atoms with Gasteiger partial charge in [-0.15, -0.1) is 0 Å². The molecule has 0 bridgehead atoms. The molecule has 0 saturated carbocycles. The van der Waals surface area contributed by atoms with Gasteiger partial charge in [0, 0.05) is 27.1 Å². The molecule has 0 radical (unpaired) electrons. The van der Waals surface area contributed by atoms with Gasteiger partial charge in [-0.1, -0.05) is 12.2 Å². The number of sulfonamides is 1. The maximum atomic E-state index is 11.5. The van der Waals surface area contributed by atoms with Crippen LogP contribution in [0.3, 0.4) is 0 Å². The lowest BCUT2D eigenvalue weighted by Crippen LogP contribution is -2.41. The van der Waals surface area contributed by atoms with Crippen LogP contribution >= 0.6 is 12.2 Å². The van der Waals surface area contributed by atoms with Gasteiger partial charge in [0.05, 0.1) is 4.99 Å². The molecule has 1 unspecified atom stereocenters. The summed E-state index contributed by atoms with van der Waals surface area (Å²) in [7, 11) is -0.357. The second-order valence-electron chi connectivity index (χ2n) is 3.52. The Bertz CT molecular complexity index is 365. The van der Waals surface area contributed by atoms with Crippen molar-refractivity contribution < 1.29 is 13.2 Å². The van der Waals surface area contributed by atoms with Crippen LogP contribution in [0.5, 0.6) is 0 Å².